The normalized spacial score (nSPS) is 16.8. The SMILES string of the molecule is CC1(c2ccc(O)c(-c3ccccc3)c2)Cc2ccc(cc2)CC(C)(c2ccc(O)c(-c3ccccc3)c2)c2ccc(O)c(c2)-c2cccc(c2)-c2cccc(c2)-c2cc1ccc2O. The molecule has 0 aromatic heterocycles. The molecule has 312 valence electrons. The highest BCUT2D eigenvalue weighted by Crippen LogP contribution is 2.46. The van der Waals surface area contributed by atoms with Gasteiger partial charge < -0.3 is 20.4 Å². The van der Waals surface area contributed by atoms with Gasteiger partial charge in [0.25, 0.3) is 0 Å². The van der Waals surface area contributed by atoms with Crippen LogP contribution in [-0.4, -0.2) is 20.4 Å². The number of hydrogen-bond donors (Lipinski definition) is 4. The lowest BCUT2D eigenvalue weighted by Gasteiger charge is -2.34. The average Bonchev–Trinajstić information content (AvgIpc) is 3.33. The van der Waals surface area contributed by atoms with Crippen LogP contribution in [0.3, 0.4) is 0 Å². The number of benzene rings is 9. The number of phenols is 4. The molecule has 2 aliphatic rings. The molecular formula is C60H48O4. The molecule has 9 aromatic rings. The monoisotopic (exact) mass is 832 g/mol. The molecule has 4 heteroatoms. The standard InChI is InChI=1S/C60H48O4/c1-59(47-23-27-55(61)51(33-47)41-11-5-3-6-12-41)37-39-19-21-40(22-20-39)38-60(2,48-24-28-56(62)52(34-48)42-13-7-4-8-14-42)50-26-30-58(64)54(36-50)46-18-10-16-44(32-46)43-15-9-17-45(31-43)53-35-49(59)25-29-57(53)63/h3-36,61-64H,37-38H2,1-2H3. The van der Waals surface area contributed by atoms with Crippen molar-refractivity contribution in [2.45, 2.75) is 37.5 Å². The molecule has 2 atom stereocenters. The van der Waals surface area contributed by atoms with Crippen LogP contribution in [0.2, 0.25) is 0 Å². The Morgan fingerprint density at radius 2 is 0.562 bits per heavy atom. The summed E-state index contributed by atoms with van der Waals surface area (Å²) in [5.41, 5.74) is 13.8. The Morgan fingerprint density at radius 3 is 0.891 bits per heavy atom. The first-order chi connectivity index (χ1) is 31.1. The molecule has 0 fully saturated rings. The van der Waals surface area contributed by atoms with Crippen LogP contribution in [0, 0.1) is 0 Å². The molecule has 0 heterocycles. The molecule has 0 spiro atoms. The fraction of sp³-hybridized carbons (Fsp3) is 0.100. The third kappa shape index (κ3) is 7.37. The Labute approximate surface area is 374 Å². The zero-order valence-electron chi connectivity index (χ0n) is 35.8. The van der Waals surface area contributed by atoms with Crippen LogP contribution in [-0.2, 0) is 23.7 Å². The van der Waals surface area contributed by atoms with Gasteiger partial charge in [-0.3, -0.25) is 0 Å². The molecule has 2 unspecified atom stereocenters. The van der Waals surface area contributed by atoms with Crippen LogP contribution < -0.4 is 0 Å². The highest BCUT2D eigenvalue weighted by atomic mass is 16.3. The second kappa shape index (κ2) is 16.1. The summed E-state index contributed by atoms with van der Waals surface area (Å²) >= 11 is 0. The Balaban J connectivity index is 1.19. The molecule has 64 heavy (non-hydrogen) atoms. The van der Waals surface area contributed by atoms with Gasteiger partial charge in [0, 0.05) is 33.1 Å². The average molecular weight is 833 g/mol. The Kier molecular flexibility index (Phi) is 10.2. The lowest BCUT2D eigenvalue weighted by Crippen LogP contribution is -2.28. The van der Waals surface area contributed by atoms with Gasteiger partial charge in [-0.05, 0) is 140 Å². The summed E-state index contributed by atoms with van der Waals surface area (Å²) in [7, 11) is 0. The fourth-order valence-electron chi connectivity index (χ4n) is 9.74. The first-order valence-electron chi connectivity index (χ1n) is 21.8. The lowest BCUT2D eigenvalue weighted by atomic mass is 9.70. The quantitative estimate of drug-likeness (QED) is 0.142. The molecule has 0 saturated carbocycles. The van der Waals surface area contributed by atoms with E-state index in [1.807, 2.05) is 109 Å². The van der Waals surface area contributed by atoms with Crippen molar-refractivity contribution >= 4 is 0 Å². The van der Waals surface area contributed by atoms with Crippen LogP contribution in [0.1, 0.15) is 47.2 Å². The van der Waals surface area contributed by atoms with E-state index in [1.165, 1.54) is 0 Å². The van der Waals surface area contributed by atoms with Crippen molar-refractivity contribution in [2.75, 3.05) is 0 Å². The van der Waals surface area contributed by atoms with Crippen molar-refractivity contribution in [3.63, 3.8) is 0 Å². The van der Waals surface area contributed by atoms with Crippen LogP contribution >= 0.6 is 0 Å². The molecule has 10 bridgehead atoms. The second-order valence-electron chi connectivity index (χ2n) is 17.7. The smallest absolute Gasteiger partial charge is 0.123 e. The third-order valence-electron chi connectivity index (χ3n) is 13.5. The van der Waals surface area contributed by atoms with E-state index in [1.54, 1.807) is 24.3 Å². The zero-order valence-corrected chi connectivity index (χ0v) is 35.8. The summed E-state index contributed by atoms with van der Waals surface area (Å²) in [5.74, 6) is 0.813. The van der Waals surface area contributed by atoms with E-state index in [0.29, 0.717) is 12.8 Å². The van der Waals surface area contributed by atoms with Gasteiger partial charge in [-0.1, -0.05) is 159 Å². The Bertz CT molecular complexity index is 2960. The first-order valence-corrected chi connectivity index (χ1v) is 21.8. The minimum atomic E-state index is -0.592. The molecule has 9 aromatic carbocycles. The van der Waals surface area contributed by atoms with Gasteiger partial charge in [0.2, 0.25) is 0 Å². The van der Waals surface area contributed by atoms with Crippen molar-refractivity contribution in [1.82, 2.24) is 0 Å². The highest BCUT2D eigenvalue weighted by molar-refractivity contribution is 5.81. The maximum absolute atomic E-state index is 11.5. The van der Waals surface area contributed by atoms with Crippen LogP contribution in [0.15, 0.2) is 206 Å². The van der Waals surface area contributed by atoms with Crippen LogP contribution in [0.4, 0.5) is 0 Å². The van der Waals surface area contributed by atoms with Gasteiger partial charge >= 0.3 is 0 Å². The predicted octanol–water partition coefficient (Wildman–Crippen LogP) is 14.3. The van der Waals surface area contributed by atoms with E-state index in [9.17, 15) is 20.4 Å². The number of rotatable bonds is 4. The maximum atomic E-state index is 11.5. The summed E-state index contributed by atoms with van der Waals surface area (Å²) in [6.45, 7) is 4.50. The van der Waals surface area contributed by atoms with E-state index >= 15 is 0 Å². The molecule has 0 radical (unpaired) electrons. The minimum Gasteiger partial charge on any atom is -0.507 e. The zero-order chi connectivity index (χ0) is 44.0. The molecule has 4 N–H and O–H groups in total. The topological polar surface area (TPSA) is 80.9 Å². The van der Waals surface area contributed by atoms with Gasteiger partial charge in [-0.25, -0.2) is 0 Å². The predicted molar refractivity (Wildman–Crippen MR) is 260 cm³/mol. The van der Waals surface area contributed by atoms with Crippen molar-refractivity contribution < 1.29 is 20.4 Å². The van der Waals surface area contributed by atoms with Gasteiger partial charge in [0.1, 0.15) is 23.0 Å². The van der Waals surface area contributed by atoms with Gasteiger partial charge in [-0.15, -0.1) is 0 Å². The van der Waals surface area contributed by atoms with Gasteiger partial charge in [-0.2, -0.15) is 0 Å². The van der Waals surface area contributed by atoms with Crippen molar-refractivity contribution in [3.05, 3.63) is 240 Å². The summed E-state index contributed by atoms with van der Waals surface area (Å²) in [6, 6.07) is 69.0. The molecule has 2 aliphatic carbocycles. The number of fused-ring (bicyclic) bond motifs is 4. The minimum absolute atomic E-state index is 0.188. The summed E-state index contributed by atoms with van der Waals surface area (Å²) < 4.78 is 0. The summed E-state index contributed by atoms with van der Waals surface area (Å²) in [4.78, 5) is 0. The van der Waals surface area contributed by atoms with E-state index in [2.05, 4.69) is 86.6 Å². The van der Waals surface area contributed by atoms with Crippen LogP contribution in [0.25, 0.3) is 55.6 Å². The molecule has 11 rings (SSSR count). The number of aromatic hydroxyl groups is 4. The van der Waals surface area contributed by atoms with Gasteiger partial charge in [0.15, 0.2) is 0 Å². The number of phenolic OH excluding ortho intramolecular Hbond substituents is 4. The number of hydrogen-bond acceptors (Lipinski definition) is 4. The molecular weight excluding hydrogens is 785 g/mol. The maximum Gasteiger partial charge on any atom is 0.123 e. The Morgan fingerprint density at radius 1 is 0.281 bits per heavy atom. The lowest BCUT2D eigenvalue weighted by molar-refractivity contribution is 0.473. The molecule has 0 saturated heterocycles. The van der Waals surface area contributed by atoms with Gasteiger partial charge in [0.05, 0.1) is 0 Å². The largest absolute Gasteiger partial charge is 0.507 e. The summed E-state index contributed by atoms with van der Waals surface area (Å²) in [5, 5.41) is 45.5. The third-order valence-corrected chi connectivity index (χ3v) is 13.5. The Hall–Kier alpha value is -7.82. The second-order valence-corrected chi connectivity index (χ2v) is 17.7. The van der Waals surface area contributed by atoms with Crippen molar-refractivity contribution in [3.8, 4) is 78.6 Å². The van der Waals surface area contributed by atoms with Crippen molar-refractivity contribution in [1.29, 1.82) is 0 Å². The van der Waals surface area contributed by atoms with Crippen LogP contribution in [0.5, 0.6) is 23.0 Å². The van der Waals surface area contributed by atoms with E-state index in [0.717, 1.165) is 89.0 Å². The van der Waals surface area contributed by atoms with E-state index in [4.69, 9.17) is 0 Å². The first kappa shape index (κ1) is 40.3. The molecule has 0 aliphatic heterocycles. The molecule has 0 amide bonds. The van der Waals surface area contributed by atoms with E-state index < -0.39 is 10.8 Å². The van der Waals surface area contributed by atoms with E-state index in [-0.39, 0.29) is 23.0 Å². The highest BCUT2D eigenvalue weighted by Gasteiger charge is 2.34. The molecule has 4 nitrogen and oxygen atoms in total. The van der Waals surface area contributed by atoms with Crippen molar-refractivity contribution in [2.24, 2.45) is 0 Å². The fourth-order valence-corrected chi connectivity index (χ4v) is 9.74. The summed E-state index contributed by atoms with van der Waals surface area (Å²) in [6.07, 6.45) is 1.28.